The van der Waals surface area contributed by atoms with Crippen molar-refractivity contribution >= 4 is 5.91 Å². The van der Waals surface area contributed by atoms with Gasteiger partial charge < -0.3 is 15.2 Å². The molecular formula is C21H20FN3O3. The number of nitrogens with two attached hydrogens (primary N) is 1. The normalized spacial score (nSPS) is 10.5. The molecule has 144 valence electrons. The van der Waals surface area contributed by atoms with Crippen LogP contribution in [0.25, 0.3) is 11.3 Å². The van der Waals surface area contributed by atoms with Crippen LogP contribution in [0, 0.1) is 5.82 Å². The van der Waals surface area contributed by atoms with Crippen LogP contribution in [0.4, 0.5) is 4.39 Å². The van der Waals surface area contributed by atoms with Crippen molar-refractivity contribution in [2.45, 2.75) is 13.3 Å². The Hall–Kier alpha value is -3.48. The molecule has 2 N–H and O–H groups in total. The molecule has 0 spiro atoms. The van der Waals surface area contributed by atoms with Crippen LogP contribution in [0.2, 0.25) is 0 Å². The number of carbonyl (C=O) groups excluding carboxylic acids is 1. The van der Waals surface area contributed by atoms with E-state index in [9.17, 15) is 9.18 Å². The second-order valence-corrected chi connectivity index (χ2v) is 6.01. The lowest BCUT2D eigenvalue weighted by molar-refractivity contribution is 0.0997. The summed E-state index contributed by atoms with van der Waals surface area (Å²) >= 11 is 0. The van der Waals surface area contributed by atoms with E-state index in [1.165, 1.54) is 19.5 Å². The minimum absolute atomic E-state index is 0.0998. The molecule has 28 heavy (non-hydrogen) atoms. The molecule has 0 aliphatic carbocycles. The minimum atomic E-state index is -0.688. The van der Waals surface area contributed by atoms with Gasteiger partial charge in [0.1, 0.15) is 23.6 Å². The molecule has 0 aliphatic rings. The van der Waals surface area contributed by atoms with Crippen LogP contribution in [-0.4, -0.2) is 29.6 Å². The maximum Gasteiger partial charge on any atom is 0.252 e. The zero-order valence-corrected chi connectivity index (χ0v) is 15.6. The maximum atomic E-state index is 14.5. The van der Waals surface area contributed by atoms with Crippen molar-refractivity contribution in [2.75, 3.05) is 13.7 Å². The molecule has 0 bridgehead atoms. The van der Waals surface area contributed by atoms with E-state index in [4.69, 9.17) is 15.2 Å². The molecule has 1 aromatic heterocycles. The van der Waals surface area contributed by atoms with Gasteiger partial charge in [-0.15, -0.1) is 0 Å². The van der Waals surface area contributed by atoms with Gasteiger partial charge in [0.2, 0.25) is 0 Å². The van der Waals surface area contributed by atoms with E-state index in [0.29, 0.717) is 23.7 Å². The summed E-state index contributed by atoms with van der Waals surface area (Å²) in [5.41, 5.74) is 7.85. The standard InChI is InChI=1S/C21H20FN3O3/c1-3-28-19-7-5-4-6-15(19)18-10-14(24-12-25-18)8-13-9-16(21(23)26)20(27-2)11-17(13)22/h4-7,9-12H,3,8H2,1-2H3,(H2,23,26). The highest BCUT2D eigenvalue weighted by Gasteiger charge is 2.16. The first-order valence-electron chi connectivity index (χ1n) is 8.72. The van der Waals surface area contributed by atoms with Crippen LogP contribution in [0.15, 0.2) is 48.8 Å². The van der Waals surface area contributed by atoms with E-state index in [-0.39, 0.29) is 23.3 Å². The van der Waals surface area contributed by atoms with Gasteiger partial charge in [-0.2, -0.15) is 0 Å². The fraction of sp³-hybridized carbons (Fsp3) is 0.190. The van der Waals surface area contributed by atoms with Gasteiger partial charge in [-0.25, -0.2) is 14.4 Å². The second-order valence-electron chi connectivity index (χ2n) is 6.01. The molecule has 0 fully saturated rings. The van der Waals surface area contributed by atoms with E-state index in [2.05, 4.69) is 9.97 Å². The Kier molecular flexibility index (Phi) is 5.84. The molecule has 0 saturated heterocycles. The summed E-state index contributed by atoms with van der Waals surface area (Å²) in [6.45, 7) is 2.44. The minimum Gasteiger partial charge on any atom is -0.496 e. The number of carbonyl (C=O) groups is 1. The summed E-state index contributed by atoms with van der Waals surface area (Å²) in [5, 5.41) is 0. The Morgan fingerprint density at radius 3 is 2.64 bits per heavy atom. The Labute approximate surface area is 162 Å². The molecule has 2 aromatic carbocycles. The van der Waals surface area contributed by atoms with Gasteiger partial charge in [0.25, 0.3) is 5.91 Å². The monoisotopic (exact) mass is 381 g/mol. The highest BCUT2D eigenvalue weighted by molar-refractivity contribution is 5.95. The molecule has 0 radical (unpaired) electrons. The van der Waals surface area contributed by atoms with Crippen LogP contribution >= 0.6 is 0 Å². The number of methoxy groups -OCH3 is 1. The van der Waals surface area contributed by atoms with Crippen LogP contribution < -0.4 is 15.2 Å². The fourth-order valence-electron chi connectivity index (χ4n) is 2.89. The Bertz CT molecular complexity index is 1010. The number of aromatic nitrogens is 2. The van der Waals surface area contributed by atoms with Gasteiger partial charge in [0.15, 0.2) is 0 Å². The molecule has 0 atom stereocenters. The number of halogens is 1. The molecule has 1 heterocycles. The summed E-state index contributed by atoms with van der Waals surface area (Å²) in [5.74, 6) is -0.382. The molecule has 7 heteroatoms. The quantitative estimate of drug-likeness (QED) is 0.678. The molecule has 0 aliphatic heterocycles. The van der Waals surface area contributed by atoms with Crippen molar-refractivity contribution < 1.29 is 18.7 Å². The summed E-state index contributed by atoms with van der Waals surface area (Å²) in [6.07, 6.45) is 1.59. The molecule has 0 unspecified atom stereocenters. The highest BCUT2D eigenvalue weighted by atomic mass is 19.1. The topological polar surface area (TPSA) is 87.3 Å². The SMILES string of the molecule is CCOc1ccccc1-c1cc(Cc2cc(C(N)=O)c(OC)cc2F)ncn1. The van der Waals surface area contributed by atoms with Gasteiger partial charge in [-0.05, 0) is 36.8 Å². The summed E-state index contributed by atoms with van der Waals surface area (Å²) < 4.78 is 25.1. The summed E-state index contributed by atoms with van der Waals surface area (Å²) in [4.78, 5) is 20.2. The largest absolute Gasteiger partial charge is 0.496 e. The van der Waals surface area contributed by atoms with Crippen molar-refractivity contribution in [2.24, 2.45) is 5.73 Å². The van der Waals surface area contributed by atoms with Crippen LogP contribution in [0.3, 0.4) is 0 Å². The number of ether oxygens (including phenoxy) is 2. The molecule has 1 amide bonds. The maximum absolute atomic E-state index is 14.5. The first-order valence-corrected chi connectivity index (χ1v) is 8.72. The average molecular weight is 381 g/mol. The lowest BCUT2D eigenvalue weighted by Crippen LogP contribution is -2.14. The van der Waals surface area contributed by atoms with Gasteiger partial charge in [-0.3, -0.25) is 4.79 Å². The third-order valence-electron chi connectivity index (χ3n) is 4.19. The summed E-state index contributed by atoms with van der Waals surface area (Å²) in [6, 6.07) is 11.9. The van der Waals surface area contributed by atoms with Gasteiger partial charge in [-0.1, -0.05) is 12.1 Å². The number of rotatable bonds is 7. The van der Waals surface area contributed by atoms with E-state index in [1.807, 2.05) is 31.2 Å². The summed E-state index contributed by atoms with van der Waals surface area (Å²) in [7, 11) is 1.35. The van der Waals surface area contributed by atoms with Crippen molar-refractivity contribution in [3.63, 3.8) is 0 Å². The fourth-order valence-corrected chi connectivity index (χ4v) is 2.89. The number of hydrogen-bond donors (Lipinski definition) is 1. The predicted molar refractivity (Wildman–Crippen MR) is 103 cm³/mol. The van der Waals surface area contributed by atoms with Gasteiger partial charge in [0.05, 0.1) is 25.0 Å². The molecule has 0 saturated carbocycles. The Morgan fingerprint density at radius 1 is 1.14 bits per heavy atom. The van der Waals surface area contributed by atoms with Crippen molar-refractivity contribution in [1.82, 2.24) is 9.97 Å². The predicted octanol–water partition coefficient (Wildman–Crippen LogP) is 3.38. The third kappa shape index (κ3) is 4.09. The van der Waals surface area contributed by atoms with Crippen molar-refractivity contribution in [3.05, 3.63) is 71.4 Å². The highest BCUT2D eigenvalue weighted by Crippen LogP contribution is 2.29. The zero-order chi connectivity index (χ0) is 20.1. The van der Waals surface area contributed by atoms with Crippen LogP contribution in [0.5, 0.6) is 11.5 Å². The number of para-hydroxylation sites is 1. The second kappa shape index (κ2) is 8.47. The van der Waals surface area contributed by atoms with Gasteiger partial charge in [0, 0.05) is 23.7 Å². The molecular weight excluding hydrogens is 361 g/mol. The number of nitrogens with zero attached hydrogens (tertiary/aromatic N) is 2. The number of amides is 1. The van der Waals surface area contributed by atoms with Crippen LogP contribution in [0.1, 0.15) is 28.5 Å². The van der Waals surface area contributed by atoms with E-state index in [0.717, 1.165) is 11.6 Å². The first-order chi connectivity index (χ1) is 13.5. The number of primary amides is 1. The van der Waals surface area contributed by atoms with Crippen LogP contribution in [-0.2, 0) is 6.42 Å². The molecule has 3 aromatic rings. The lowest BCUT2D eigenvalue weighted by atomic mass is 10.0. The number of hydrogen-bond acceptors (Lipinski definition) is 5. The Balaban J connectivity index is 1.96. The third-order valence-corrected chi connectivity index (χ3v) is 4.19. The lowest BCUT2D eigenvalue weighted by Gasteiger charge is -2.11. The smallest absolute Gasteiger partial charge is 0.252 e. The molecule has 6 nitrogen and oxygen atoms in total. The van der Waals surface area contributed by atoms with Crippen molar-refractivity contribution in [1.29, 1.82) is 0 Å². The van der Waals surface area contributed by atoms with E-state index in [1.54, 1.807) is 6.07 Å². The van der Waals surface area contributed by atoms with E-state index < -0.39 is 11.7 Å². The zero-order valence-electron chi connectivity index (χ0n) is 15.6. The van der Waals surface area contributed by atoms with Gasteiger partial charge >= 0.3 is 0 Å². The van der Waals surface area contributed by atoms with E-state index >= 15 is 0 Å². The Morgan fingerprint density at radius 2 is 1.93 bits per heavy atom. The van der Waals surface area contributed by atoms with Crippen molar-refractivity contribution in [3.8, 4) is 22.8 Å². The number of benzene rings is 2. The average Bonchev–Trinajstić information content (AvgIpc) is 2.70. The molecule has 3 rings (SSSR count). The first kappa shape index (κ1) is 19.3.